The van der Waals surface area contributed by atoms with E-state index in [9.17, 15) is 4.79 Å². The van der Waals surface area contributed by atoms with E-state index < -0.39 is 5.72 Å². The molecule has 0 aliphatic carbocycles. The Balaban J connectivity index is 1.59. The fourth-order valence-corrected chi connectivity index (χ4v) is 6.25. The first-order valence-corrected chi connectivity index (χ1v) is 11.7. The van der Waals surface area contributed by atoms with E-state index >= 15 is 0 Å². The summed E-state index contributed by atoms with van der Waals surface area (Å²) in [6.45, 7) is 2.46. The Morgan fingerprint density at radius 1 is 1.06 bits per heavy atom. The Labute approximate surface area is 197 Å². The molecule has 2 aromatic carbocycles. The zero-order chi connectivity index (χ0) is 23.3. The molecule has 33 heavy (non-hydrogen) atoms. The van der Waals surface area contributed by atoms with E-state index in [0.29, 0.717) is 40.9 Å². The fourth-order valence-electron chi connectivity index (χ4n) is 5.39. The molecule has 2 saturated heterocycles. The summed E-state index contributed by atoms with van der Waals surface area (Å²) in [6, 6.07) is 9.85. The third-order valence-corrected chi connectivity index (χ3v) is 7.73. The largest absolute Gasteiger partial charge is 0.494 e. The highest BCUT2D eigenvalue weighted by Crippen LogP contribution is 2.58. The molecule has 2 fully saturated rings. The molecular formula is C23H28N4O5S. The molecule has 0 spiro atoms. The number of methoxy groups -OCH3 is 4. The molecule has 2 aromatic rings. The Hall–Kier alpha value is -2.50. The van der Waals surface area contributed by atoms with Gasteiger partial charge in [0.05, 0.1) is 44.5 Å². The normalized spacial score (nSPS) is 25.7. The lowest BCUT2D eigenvalue weighted by atomic mass is 9.94. The number of thioether (sulfide) groups is 1. The van der Waals surface area contributed by atoms with Crippen molar-refractivity contribution in [2.75, 3.05) is 45.8 Å². The second kappa shape index (κ2) is 8.37. The van der Waals surface area contributed by atoms with Gasteiger partial charge in [-0.3, -0.25) is 4.79 Å². The smallest absolute Gasteiger partial charge is 0.224 e. The molecule has 3 atom stereocenters. The number of fused-ring (bicyclic) bond motifs is 5. The first-order chi connectivity index (χ1) is 16.0. The monoisotopic (exact) mass is 472 g/mol. The molecule has 3 heterocycles. The predicted octanol–water partition coefficient (Wildman–Crippen LogP) is 2.19. The van der Waals surface area contributed by atoms with Crippen LogP contribution in [0.1, 0.15) is 15.9 Å². The lowest BCUT2D eigenvalue weighted by molar-refractivity contribution is -0.0309. The van der Waals surface area contributed by atoms with Gasteiger partial charge in [-0.1, -0.05) is 18.2 Å². The van der Waals surface area contributed by atoms with Crippen LogP contribution in [0, 0.1) is 6.92 Å². The van der Waals surface area contributed by atoms with Crippen LogP contribution in [0.25, 0.3) is 0 Å². The van der Waals surface area contributed by atoms with E-state index in [2.05, 4.69) is 23.1 Å². The van der Waals surface area contributed by atoms with Crippen molar-refractivity contribution in [3.05, 3.63) is 41.5 Å². The van der Waals surface area contributed by atoms with Gasteiger partial charge < -0.3 is 23.8 Å². The molecular weight excluding hydrogens is 444 g/mol. The SMILES string of the molecule is COc1c(C)c(OC)c2c(c1OC)C(=O)[C@@]1(OC)[C@@H]3[C@H](CN21)NNN3CSc1ccccc1. The van der Waals surface area contributed by atoms with Crippen molar-refractivity contribution in [3.63, 3.8) is 0 Å². The van der Waals surface area contributed by atoms with Crippen molar-refractivity contribution in [2.24, 2.45) is 0 Å². The number of hydrogen-bond donors (Lipinski definition) is 2. The summed E-state index contributed by atoms with van der Waals surface area (Å²) in [5.74, 6) is 1.94. The summed E-state index contributed by atoms with van der Waals surface area (Å²) >= 11 is 1.69. The number of benzene rings is 2. The van der Waals surface area contributed by atoms with Crippen molar-refractivity contribution < 1.29 is 23.7 Å². The summed E-state index contributed by atoms with van der Waals surface area (Å²) in [7, 11) is 6.30. The zero-order valence-electron chi connectivity index (χ0n) is 19.3. The highest BCUT2D eigenvalue weighted by Gasteiger charge is 2.69. The molecule has 5 rings (SSSR count). The van der Waals surface area contributed by atoms with Gasteiger partial charge in [0.1, 0.15) is 11.8 Å². The summed E-state index contributed by atoms with van der Waals surface area (Å²) in [5.41, 5.74) is 7.25. The van der Waals surface area contributed by atoms with Crippen molar-refractivity contribution in [3.8, 4) is 17.2 Å². The Bertz CT molecular complexity index is 1080. The number of carbonyl (C=O) groups excluding carboxylic acids is 1. The number of ether oxygens (including phenoxy) is 4. The zero-order valence-corrected chi connectivity index (χ0v) is 20.1. The predicted molar refractivity (Wildman–Crippen MR) is 125 cm³/mol. The number of hydrazine groups is 2. The van der Waals surface area contributed by atoms with Gasteiger partial charge in [0.15, 0.2) is 11.5 Å². The summed E-state index contributed by atoms with van der Waals surface area (Å²) < 4.78 is 23.2. The maximum absolute atomic E-state index is 14.2. The molecule has 2 N–H and O–H groups in total. The number of ketones is 1. The third-order valence-electron chi connectivity index (χ3n) is 6.72. The number of nitrogens with one attached hydrogen (secondary N) is 2. The van der Waals surface area contributed by atoms with Gasteiger partial charge in [-0.15, -0.1) is 11.8 Å². The Kier molecular flexibility index (Phi) is 5.66. The number of anilines is 1. The van der Waals surface area contributed by atoms with Crippen LogP contribution in [0.5, 0.6) is 17.2 Å². The Morgan fingerprint density at radius 2 is 1.76 bits per heavy atom. The number of hydrogen-bond acceptors (Lipinski definition) is 10. The summed E-state index contributed by atoms with van der Waals surface area (Å²) in [6.07, 6.45) is 0. The van der Waals surface area contributed by atoms with E-state index in [0.717, 1.165) is 10.5 Å². The molecule has 3 aliphatic rings. The van der Waals surface area contributed by atoms with Crippen LogP contribution in [0.4, 0.5) is 5.69 Å². The minimum absolute atomic E-state index is 0.0310. The molecule has 0 radical (unpaired) electrons. The van der Waals surface area contributed by atoms with Crippen LogP contribution in [0.3, 0.4) is 0 Å². The quantitative estimate of drug-likeness (QED) is 0.585. The van der Waals surface area contributed by atoms with E-state index in [1.54, 1.807) is 40.2 Å². The highest BCUT2D eigenvalue weighted by molar-refractivity contribution is 7.99. The average molecular weight is 473 g/mol. The molecule has 0 saturated carbocycles. The van der Waals surface area contributed by atoms with Gasteiger partial charge in [-0.25, -0.2) is 10.4 Å². The van der Waals surface area contributed by atoms with Crippen molar-refractivity contribution in [1.29, 1.82) is 0 Å². The average Bonchev–Trinajstić information content (AvgIpc) is 3.46. The van der Waals surface area contributed by atoms with Crippen LogP contribution in [-0.2, 0) is 4.74 Å². The van der Waals surface area contributed by atoms with Gasteiger partial charge in [-0.05, 0) is 19.1 Å². The minimum atomic E-state index is -1.24. The van der Waals surface area contributed by atoms with E-state index in [1.165, 1.54) is 0 Å². The highest BCUT2D eigenvalue weighted by atomic mass is 32.2. The number of rotatable bonds is 7. The van der Waals surface area contributed by atoms with Crippen LogP contribution in [0.15, 0.2) is 35.2 Å². The summed E-state index contributed by atoms with van der Waals surface area (Å²) in [5, 5.41) is 2.04. The van der Waals surface area contributed by atoms with Gasteiger partial charge in [0.2, 0.25) is 11.5 Å². The molecule has 0 bridgehead atoms. The maximum atomic E-state index is 14.2. The standard InChI is InChI=1S/C23H28N4O5S/c1-13-18(29-2)17-16(20(31-4)19(13)30-3)22(28)23(32-5)21-15(11-26(17)23)24-25-27(21)12-33-14-9-7-6-8-10-14/h6-10,15,21,24-25H,11-12H2,1-5H3/t15-,21-,23-/m0/s1. The first kappa shape index (κ1) is 22.3. The lowest BCUT2D eigenvalue weighted by Gasteiger charge is -2.38. The summed E-state index contributed by atoms with van der Waals surface area (Å²) in [4.78, 5) is 17.3. The van der Waals surface area contributed by atoms with E-state index in [4.69, 9.17) is 18.9 Å². The second-order valence-electron chi connectivity index (χ2n) is 8.15. The van der Waals surface area contributed by atoms with Crippen LogP contribution >= 0.6 is 11.8 Å². The molecule has 10 heteroatoms. The number of nitrogens with zero attached hydrogens (tertiary/aromatic N) is 2. The lowest BCUT2D eigenvalue weighted by Crippen LogP contribution is -2.61. The topological polar surface area (TPSA) is 84.5 Å². The van der Waals surface area contributed by atoms with Crippen molar-refractivity contribution >= 4 is 23.2 Å². The number of Topliss-reactive ketones (excluding diaryl/α,β-unsaturated/α-hetero) is 1. The Morgan fingerprint density at radius 3 is 2.39 bits per heavy atom. The maximum Gasteiger partial charge on any atom is 0.224 e. The van der Waals surface area contributed by atoms with Crippen LogP contribution in [0.2, 0.25) is 0 Å². The first-order valence-electron chi connectivity index (χ1n) is 10.7. The van der Waals surface area contributed by atoms with Crippen molar-refractivity contribution in [1.82, 2.24) is 16.0 Å². The number of carbonyl (C=O) groups is 1. The fraction of sp³-hybridized carbons (Fsp3) is 0.435. The van der Waals surface area contributed by atoms with Gasteiger partial charge >= 0.3 is 0 Å². The van der Waals surface area contributed by atoms with Gasteiger partial charge in [-0.2, -0.15) is 5.53 Å². The molecule has 0 amide bonds. The second-order valence-corrected chi connectivity index (χ2v) is 9.17. The molecule has 9 nitrogen and oxygen atoms in total. The van der Waals surface area contributed by atoms with E-state index in [1.807, 2.05) is 35.0 Å². The van der Waals surface area contributed by atoms with Gasteiger partial charge in [0, 0.05) is 24.1 Å². The molecule has 176 valence electrons. The van der Waals surface area contributed by atoms with Gasteiger partial charge in [0.25, 0.3) is 0 Å². The van der Waals surface area contributed by atoms with Crippen LogP contribution < -0.4 is 30.1 Å². The minimum Gasteiger partial charge on any atom is -0.494 e. The van der Waals surface area contributed by atoms with E-state index in [-0.39, 0.29) is 17.9 Å². The van der Waals surface area contributed by atoms with Crippen LogP contribution in [-0.4, -0.2) is 69.5 Å². The molecule has 3 aliphatic heterocycles. The third kappa shape index (κ3) is 2.98. The molecule has 0 unspecified atom stereocenters. The van der Waals surface area contributed by atoms with Crippen molar-refractivity contribution in [2.45, 2.75) is 29.6 Å². The molecule has 0 aromatic heterocycles.